The molecule has 6 heteroatoms. The van der Waals surface area contributed by atoms with E-state index >= 15 is 0 Å². The zero-order chi connectivity index (χ0) is 22.5. The fraction of sp³-hybridized carbons (Fsp3) is 0.320. The van der Waals surface area contributed by atoms with Gasteiger partial charge in [0.25, 0.3) is 0 Å². The molecular formula is C25H29N3O3. The molecule has 0 fully saturated rings. The highest BCUT2D eigenvalue weighted by Gasteiger charge is 2.17. The van der Waals surface area contributed by atoms with E-state index in [4.69, 9.17) is 4.74 Å². The van der Waals surface area contributed by atoms with Gasteiger partial charge in [-0.1, -0.05) is 30.3 Å². The van der Waals surface area contributed by atoms with E-state index in [9.17, 15) is 9.59 Å². The van der Waals surface area contributed by atoms with E-state index < -0.39 is 5.97 Å². The Bertz CT molecular complexity index is 1120. The number of carbonyl (C=O) groups is 2. The van der Waals surface area contributed by atoms with Gasteiger partial charge in [0, 0.05) is 47.9 Å². The molecule has 0 atom stereocenters. The first-order valence-electron chi connectivity index (χ1n) is 10.4. The standard InChI is InChI=1S/C25H29N3O3/c1-17-15-23(20(4)28(17)14-13-21-9-7-6-8-10-21)24(29)16-31-25(30)12-11-22-18(2)26-27(5)19(22)3/h6-12,15H,13-14,16H2,1-5H3/b12-11+. The third kappa shape index (κ3) is 5.20. The van der Waals surface area contributed by atoms with Crippen LogP contribution in [0.2, 0.25) is 0 Å². The van der Waals surface area contributed by atoms with Crippen LogP contribution in [0, 0.1) is 27.7 Å². The van der Waals surface area contributed by atoms with Crippen LogP contribution in [0.5, 0.6) is 0 Å². The predicted molar refractivity (Wildman–Crippen MR) is 121 cm³/mol. The van der Waals surface area contributed by atoms with Crippen molar-refractivity contribution in [3.05, 3.63) is 81.9 Å². The summed E-state index contributed by atoms with van der Waals surface area (Å²) in [6.07, 6.45) is 3.91. The molecule has 0 saturated heterocycles. The lowest BCUT2D eigenvalue weighted by Crippen LogP contribution is -2.14. The fourth-order valence-electron chi connectivity index (χ4n) is 3.76. The minimum absolute atomic E-state index is 0.199. The number of rotatable bonds is 8. The van der Waals surface area contributed by atoms with E-state index in [1.54, 1.807) is 10.8 Å². The lowest BCUT2D eigenvalue weighted by atomic mass is 10.1. The first kappa shape index (κ1) is 22.3. The number of ether oxygens (including phenoxy) is 1. The number of esters is 1. The van der Waals surface area contributed by atoms with Crippen LogP contribution in [0.1, 0.15) is 44.3 Å². The van der Waals surface area contributed by atoms with Crippen molar-refractivity contribution in [3.8, 4) is 0 Å². The molecule has 0 spiro atoms. The molecule has 1 aromatic carbocycles. The van der Waals surface area contributed by atoms with Crippen LogP contribution >= 0.6 is 0 Å². The van der Waals surface area contributed by atoms with Crippen LogP contribution in [0.3, 0.4) is 0 Å². The molecule has 0 N–H and O–H groups in total. The highest BCUT2D eigenvalue weighted by molar-refractivity contribution is 6.00. The van der Waals surface area contributed by atoms with Crippen molar-refractivity contribution < 1.29 is 14.3 Å². The molecule has 0 amide bonds. The minimum atomic E-state index is -0.547. The Labute approximate surface area is 183 Å². The van der Waals surface area contributed by atoms with Gasteiger partial charge in [0.1, 0.15) is 0 Å². The fourth-order valence-corrected chi connectivity index (χ4v) is 3.76. The van der Waals surface area contributed by atoms with Crippen molar-refractivity contribution in [1.29, 1.82) is 0 Å². The van der Waals surface area contributed by atoms with E-state index in [2.05, 4.69) is 21.8 Å². The Morgan fingerprint density at radius 1 is 1.06 bits per heavy atom. The normalized spacial score (nSPS) is 11.3. The largest absolute Gasteiger partial charge is 0.454 e. The lowest BCUT2D eigenvalue weighted by Gasteiger charge is -2.10. The molecule has 3 rings (SSSR count). The Kier molecular flexibility index (Phi) is 6.90. The quantitative estimate of drug-likeness (QED) is 0.313. The molecule has 3 aromatic rings. The summed E-state index contributed by atoms with van der Waals surface area (Å²) in [6.45, 7) is 8.25. The molecule has 0 unspecified atom stereocenters. The number of benzene rings is 1. The summed E-state index contributed by atoms with van der Waals surface area (Å²) >= 11 is 0. The van der Waals surface area contributed by atoms with Gasteiger partial charge in [0.2, 0.25) is 5.78 Å². The van der Waals surface area contributed by atoms with Crippen LogP contribution in [-0.2, 0) is 29.5 Å². The van der Waals surface area contributed by atoms with Crippen molar-refractivity contribution in [2.75, 3.05) is 6.61 Å². The van der Waals surface area contributed by atoms with Gasteiger partial charge in [0.05, 0.1) is 5.69 Å². The first-order chi connectivity index (χ1) is 14.8. The third-order valence-corrected chi connectivity index (χ3v) is 5.64. The molecule has 0 bridgehead atoms. The highest BCUT2D eigenvalue weighted by atomic mass is 16.5. The third-order valence-electron chi connectivity index (χ3n) is 5.64. The molecule has 162 valence electrons. The Morgan fingerprint density at radius 3 is 2.42 bits per heavy atom. The summed E-state index contributed by atoms with van der Waals surface area (Å²) in [7, 11) is 1.85. The first-order valence-corrected chi connectivity index (χ1v) is 10.4. The number of nitrogens with zero attached hydrogens (tertiary/aromatic N) is 3. The number of aromatic nitrogens is 3. The number of ketones is 1. The number of hydrogen-bond donors (Lipinski definition) is 0. The molecule has 0 aliphatic carbocycles. The van der Waals surface area contributed by atoms with Crippen molar-refractivity contribution in [2.45, 2.75) is 40.7 Å². The summed E-state index contributed by atoms with van der Waals surface area (Å²) in [4.78, 5) is 24.8. The number of hydrogen-bond acceptors (Lipinski definition) is 4. The van der Waals surface area contributed by atoms with Crippen LogP contribution in [0.25, 0.3) is 6.08 Å². The smallest absolute Gasteiger partial charge is 0.331 e. The maximum Gasteiger partial charge on any atom is 0.331 e. The second-order valence-corrected chi connectivity index (χ2v) is 7.74. The van der Waals surface area contributed by atoms with Crippen LogP contribution in [0.4, 0.5) is 0 Å². The molecular weight excluding hydrogens is 390 g/mol. The SMILES string of the molecule is Cc1nn(C)c(C)c1/C=C/C(=O)OCC(=O)c1cc(C)n(CCc2ccccc2)c1C. The Morgan fingerprint density at radius 2 is 1.77 bits per heavy atom. The molecule has 0 saturated carbocycles. The predicted octanol–water partition coefficient (Wildman–Crippen LogP) is 4.14. The summed E-state index contributed by atoms with van der Waals surface area (Å²) in [5.74, 6) is -0.747. The van der Waals surface area contributed by atoms with Crippen molar-refractivity contribution in [1.82, 2.24) is 14.3 Å². The average Bonchev–Trinajstić information content (AvgIpc) is 3.17. The summed E-state index contributed by atoms with van der Waals surface area (Å²) in [5.41, 5.74) is 6.44. The number of aryl methyl sites for hydroxylation is 4. The van der Waals surface area contributed by atoms with Crippen molar-refractivity contribution in [2.24, 2.45) is 7.05 Å². The second kappa shape index (κ2) is 9.60. The number of carbonyl (C=O) groups excluding carboxylic acids is 2. The molecule has 2 heterocycles. The summed E-state index contributed by atoms with van der Waals surface area (Å²) < 4.78 is 9.08. The highest BCUT2D eigenvalue weighted by Crippen LogP contribution is 2.17. The van der Waals surface area contributed by atoms with Gasteiger partial charge in [-0.25, -0.2) is 4.79 Å². The molecule has 2 aromatic heterocycles. The van der Waals surface area contributed by atoms with Gasteiger partial charge in [-0.15, -0.1) is 0 Å². The summed E-state index contributed by atoms with van der Waals surface area (Å²) in [6, 6.07) is 12.1. The van der Waals surface area contributed by atoms with Crippen LogP contribution in [-0.4, -0.2) is 32.7 Å². The average molecular weight is 420 g/mol. The number of Topliss-reactive ketones (excluding diaryl/α,β-unsaturated/α-hetero) is 1. The second-order valence-electron chi connectivity index (χ2n) is 7.74. The lowest BCUT2D eigenvalue weighted by molar-refractivity contribution is -0.136. The van der Waals surface area contributed by atoms with Gasteiger partial charge in [-0.2, -0.15) is 5.10 Å². The van der Waals surface area contributed by atoms with Crippen LogP contribution < -0.4 is 0 Å². The monoisotopic (exact) mass is 419 g/mol. The molecule has 0 radical (unpaired) electrons. The Balaban J connectivity index is 1.60. The Hall–Kier alpha value is -3.41. The van der Waals surface area contributed by atoms with Gasteiger partial charge < -0.3 is 9.30 Å². The van der Waals surface area contributed by atoms with E-state index in [0.717, 1.165) is 41.3 Å². The van der Waals surface area contributed by atoms with Crippen LogP contribution in [0.15, 0.2) is 42.5 Å². The van der Waals surface area contributed by atoms with E-state index in [1.807, 2.05) is 59.0 Å². The van der Waals surface area contributed by atoms with Gasteiger partial charge >= 0.3 is 5.97 Å². The molecule has 6 nitrogen and oxygen atoms in total. The van der Waals surface area contributed by atoms with Gasteiger partial charge in [-0.05, 0) is 51.8 Å². The van der Waals surface area contributed by atoms with Gasteiger partial charge in [0.15, 0.2) is 6.61 Å². The van der Waals surface area contributed by atoms with Crippen molar-refractivity contribution in [3.63, 3.8) is 0 Å². The minimum Gasteiger partial charge on any atom is -0.454 e. The maximum absolute atomic E-state index is 12.7. The molecule has 31 heavy (non-hydrogen) atoms. The molecule has 0 aliphatic heterocycles. The van der Waals surface area contributed by atoms with E-state index in [1.165, 1.54) is 11.6 Å². The van der Waals surface area contributed by atoms with Gasteiger partial charge in [-0.3, -0.25) is 9.48 Å². The van der Waals surface area contributed by atoms with Crippen molar-refractivity contribution >= 4 is 17.8 Å². The summed E-state index contributed by atoms with van der Waals surface area (Å²) in [5, 5.41) is 4.31. The zero-order valence-corrected chi connectivity index (χ0v) is 18.8. The maximum atomic E-state index is 12.7. The zero-order valence-electron chi connectivity index (χ0n) is 18.8. The van der Waals surface area contributed by atoms with E-state index in [0.29, 0.717) is 5.56 Å². The molecule has 0 aliphatic rings. The van der Waals surface area contributed by atoms with E-state index in [-0.39, 0.29) is 12.4 Å². The topological polar surface area (TPSA) is 66.1 Å².